The first-order valence-corrected chi connectivity index (χ1v) is 6.99. The third-order valence-corrected chi connectivity index (χ3v) is 4.00. The highest BCUT2D eigenvalue weighted by Crippen LogP contribution is 2.49. The lowest BCUT2D eigenvalue weighted by molar-refractivity contribution is -0.132. The van der Waals surface area contributed by atoms with Crippen LogP contribution in [0.5, 0.6) is 0 Å². The van der Waals surface area contributed by atoms with Crippen molar-refractivity contribution in [3.05, 3.63) is 34.9 Å². The Labute approximate surface area is 114 Å². The van der Waals surface area contributed by atoms with Gasteiger partial charge in [-0.15, -0.1) is 0 Å². The number of benzene rings is 1. The molecule has 98 valence electrons. The first kappa shape index (κ1) is 13.4. The summed E-state index contributed by atoms with van der Waals surface area (Å²) >= 11 is 5.90. The van der Waals surface area contributed by atoms with Gasteiger partial charge in [-0.3, -0.25) is 4.79 Å². The van der Waals surface area contributed by atoms with Crippen molar-refractivity contribution in [2.24, 2.45) is 0 Å². The molecular formula is C15H20ClNO. The third-order valence-electron chi connectivity index (χ3n) is 3.75. The number of likely N-dealkylation sites (N-methyl/N-ethyl adjacent to an activating group) is 1. The molecule has 1 aliphatic rings. The minimum atomic E-state index is -0.257. The first-order chi connectivity index (χ1) is 8.60. The van der Waals surface area contributed by atoms with Crippen LogP contribution in [0.4, 0.5) is 0 Å². The van der Waals surface area contributed by atoms with Crippen molar-refractivity contribution in [1.82, 2.24) is 4.90 Å². The molecule has 0 spiro atoms. The second-order valence-corrected chi connectivity index (χ2v) is 5.61. The molecule has 0 N–H and O–H groups in total. The average molecular weight is 266 g/mol. The lowest BCUT2D eigenvalue weighted by Gasteiger charge is -2.23. The van der Waals surface area contributed by atoms with Crippen LogP contribution in [0.15, 0.2) is 24.3 Å². The summed E-state index contributed by atoms with van der Waals surface area (Å²) in [6.45, 7) is 3.00. The van der Waals surface area contributed by atoms with Gasteiger partial charge in [0.25, 0.3) is 0 Å². The molecule has 1 aliphatic carbocycles. The minimum Gasteiger partial charge on any atom is -0.345 e. The molecule has 2 rings (SSSR count). The molecule has 1 aromatic carbocycles. The van der Waals surface area contributed by atoms with Crippen LogP contribution < -0.4 is 0 Å². The summed E-state index contributed by atoms with van der Waals surface area (Å²) in [6, 6.07) is 7.72. The van der Waals surface area contributed by atoms with E-state index in [0.717, 1.165) is 42.8 Å². The standard InChI is InChI=1S/C15H20ClNO/c1-3-4-11-17(2)14(18)15(9-10-15)12-5-7-13(16)8-6-12/h5-8H,3-4,9-11H2,1-2H3. The number of hydrogen-bond acceptors (Lipinski definition) is 1. The summed E-state index contributed by atoms with van der Waals surface area (Å²) in [5.74, 6) is 0.262. The molecule has 1 aromatic rings. The first-order valence-electron chi connectivity index (χ1n) is 6.62. The number of nitrogens with zero attached hydrogens (tertiary/aromatic N) is 1. The zero-order chi connectivity index (χ0) is 13.2. The Morgan fingerprint density at radius 3 is 2.44 bits per heavy atom. The number of rotatable bonds is 5. The molecule has 0 unspecified atom stereocenters. The van der Waals surface area contributed by atoms with E-state index in [0.29, 0.717) is 0 Å². The Morgan fingerprint density at radius 1 is 1.33 bits per heavy atom. The molecule has 0 radical (unpaired) electrons. The second kappa shape index (κ2) is 5.31. The summed E-state index contributed by atoms with van der Waals surface area (Å²) in [5.41, 5.74) is 0.854. The molecule has 1 saturated carbocycles. The number of carbonyl (C=O) groups excluding carboxylic acids is 1. The van der Waals surface area contributed by atoms with Gasteiger partial charge >= 0.3 is 0 Å². The maximum Gasteiger partial charge on any atom is 0.232 e. The minimum absolute atomic E-state index is 0.257. The highest BCUT2D eigenvalue weighted by atomic mass is 35.5. The molecule has 0 heterocycles. The van der Waals surface area contributed by atoms with Crippen molar-refractivity contribution >= 4 is 17.5 Å². The maximum absolute atomic E-state index is 12.5. The fourth-order valence-electron chi connectivity index (χ4n) is 2.38. The number of unbranched alkanes of at least 4 members (excludes halogenated alkanes) is 1. The van der Waals surface area contributed by atoms with E-state index in [-0.39, 0.29) is 11.3 Å². The average Bonchev–Trinajstić information content (AvgIpc) is 3.17. The zero-order valence-electron chi connectivity index (χ0n) is 11.1. The van der Waals surface area contributed by atoms with E-state index in [1.165, 1.54) is 0 Å². The Bertz CT molecular complexity index is 423. The molecule has 2 nitrogen and oxygen atoms in total. The third kappa shape index (κ3) is 2.54. The number of amides is 1. The smallest absolute Gasteiger partial charge is 0.232 e. The van der Waals surface area contributed by atoms with Crippen LogP contribution in [-0.2, 0) is 10.2 Å². The molecule has 3 heteroatoms. The summed E-state index contributed by atoms with van der Waals surface area (Å²) in [6.07, 6.45) is 4.11. The molecule has 0 bridgehead atoms. The van der Waals surface area contributed by atoms with Gasteiger partial charge in [0, 0.05) is 18.6 Å². The van der Waals surface area contributed by atoms with Crippen LogP contribution in [-0.4, -0.2) is 24.4 Å². The lowest BCUT2D eigenvalue weighted by atomic mass is 9.94. The summed E-state index contributed by atoms with van der Waals surface area (Å²) in [4.78, 5) is 14.4. The van der Waals surface area contributed by atoms with E-state index in [9.17, 15) is 4.79 Å². The van der Waals surface area contributed by atoms with Crippen molar-refractivity contribution in [3.8, 4) is 0 Å². The highest BCUT2D eigenvalue weighted by molar-refractivity contribution is 6.30. The quantitative estimate of drug-likeness (QED) is 0.796. The lowest BCUT2D eigenvalue weighted by Crippen LogP contribution is -2.37. The summed E-state index contributed by atoms with van der Waals surface area (Å²) < 4.78 is 0. The zero-order valence-corrected chi connectivity index (χ0v) is 11.8. The van der Waals surface area contributed by atoms with Crippen molar-refractivity contribution < 1.29 is 4.79 Å². The van der Waals surface area contributed by atoms with Crippen LogP contribution >= 0.6 is 11.6 Å². The van der Waals surface area contributed by atoms with Gasteiger partial charge in [-0.2, -0.15) is 0 Å². The Morgan fingerprint density at radius 2 is 1.94 bits per heavy atom. The highest BCUT2D eigenvalue weighted by Gasteiger charge is 2.52. The molecule has 0 atom stereocenters. The van der Waals surface area contributed by atoms with Gasteiger partial charge in [-0.1, -0.05) is 37.1 Å². The monoisotopic (exact) mass is 265 g/mol. The van der Waals surface area contributed by atoms with E-state index in [4.69, 9.17) is 11.6 Å². The molecule has 1 fully saturated rings. The van der Waals surface area contributed by atoms with Gasteiger partial charge in [0.1, 0.15) is 0 Å². The van der Waals surface area contributed by atoms with Gasteiger partial charge < -0.3 is 4.90 Å². The van der Waals surface area contributed by atoms with Crippen molar-refractivity contribution in [2.45, 2.75) is 38.0 Å². The number of halogens is 1. The van der Waals surface area contributed by atoms with E-state index < -0.39 is 0 Å². The SMILES string of the molecule is CCCCN(C)C(=O)C1(c2ccc(Cl)cc2)CC1. The van der Waals surface area contributed by atoms with Gasteiger partial charge in [0.2, 0.25) is 5.91 Å². The van der Waals surface area contributed by atoms with E-state index in [2.05, 4.69) is 6.92 Å². The van der Waals surface area contributed by atoms with E-state index >= 15 is 0 Å². The van der Waals surface area contributed by atoms with Gasteiger partial charge in [-0.25, -0.2) is 0 Å². The maximum atomic E-state index is 12.5. The van der Waals surface area contributed by atoms with Crippen LogP contribution in [0.2, 0.25) is 5.02 Å². The summed E-state index contributed by atoms with van der Waals surface area (Å²) in [7, 11) is 1.91. The molecular weight excluding hydrogens is 246 g/mol. The number of carbonyl (C=O) groups is 1. The van der Waals surface area contributed by atoms with Crippen molar-refractivity contribution in [2.75, 3.05) is 13.6 Å². The normalized spacial score (nSPS) is 16.4. The second-order valence-electron chi connectivity index (χ2n) is 5.17. The Hall–Kier alpha value is -1.02. The van der Waals surface area contributed by atoms with Crippen molar-refractivity contribution in [1.29, 1.82) is 0 Å². The van der Waals surface area contributed by atoms with E-state index in [1.54, 1.807) is 0 Å². The Balaban J connectivity index is 2.11. The predicted molar refractivity (Wildman–Crippen MR) is 74.9 cm³/mol. The molecule has 18 heavy (non-hydrogen) atoms. The predicted octanol–water partition coefficient (Wildman–Crippen LogP) is 3.63. The van der Waals surface area contributed by atoms with Crippen LogP contribution in [0.25, 0.3) is 0 Å². The van der Waals surface area contributed by atoms with E-state index in [1.807, 2.05) is 36.2 Å². The summed E-state index contributed by atoms with van der Waals surface area (Å²) in [5, 5.41) is 0.723. The van der Waals surface area contributed by atoms with Crippen LogP contribution in [0.3, 0.4) is 0 Å². The fraction of sp³-hybridized carbons (Fsp3) is 0.533. The van der Waals surface area contributed by atoms with Crippen LogP contribution in [0, 0.1) is 0 Å². The van der Waals surface area contributed by atoms with Crippen molar-refractivity contribution in [3.63, 3.8) is 0 Å². The Kier molecular flexibility index (Phi) is 3.96. The molecule has 0 aliphatic heterocycles. The topological polar surface area (TPSA) is 20.3 Å². The van der Waals surface area contributed by atoms with Gasteiger partial charge in [0.05, 0.1) is 5.41 Å². The molecule has 0 saturated heterocycles. The number of hydrogen-bond donors (Lipinski definition) is 0. The molecule has 0 aromatic heterocycles. The largest absolute Gasteiger partial charge is 0.345 e. The fourth-order valence-corrected chi connectivity index (χ4v) is 2.51. The van der Waals surface area contributed by atoms with Crippen LogP contribution in [0.1, 0.15) is 38.2 Å². The van der Waals surface area contributed by atoms with Gasteiger partial charge in [0.15, 0.2) is 0 Å². The van der Waals surface area contributed by atoms with Gasteiger partial charge in [-0.05, 0) is 37.0 Å². The molecule has 1 amide bonds.